The Labute approximate surface area is 105 Å². The lowest BCUT2D eigenvalue weighted by Gasteiger charge is -1.94. The first-order valence-electron chi connectivity index (χ1n) is 6.50. The third-order valence-electron chi connectivity index (χ3n) is 2.34. The van der Waals surface area contributed by atoms with E-state index in [0.717, 1.165) is 11.8 Å². The lowest BCUT2D eigenvalue weighted by Crippen LogP contribution is -1.77. The molecule has 0 N–H and O–H groups in total. The summed E-state index contributed by atoms with van der Waals surface area (Å²) in [5.41, 5.74) is 1.52. The van der Waals surface area contributed by atoms with Gasteiger partial charge in [0.15, 0.2) is 0 Å². The fourth-order valence-corrected chi connectivity index (χ4v) is 1.49. The van der Waals surface area contributed by atoms with E-state index in [1.807, 2.05) is 34.4 Å². The first kappa shape index (κ1) is 18.0. The zero-order valence-corrected chi connectivity index (χ0v) is 13.0. The summed E-state index contributed by atoms with van der Waals surface area (Å²) in [4.78, 5) is 0. The number of rotatable bonds is 1. The molecule has 0 spiro atoms. The summed E-state index contributed by atoms with van der Waals surface area (Å²) in [6, 6.07) is 10.8. The predicted molar refractivity (Wildman–Crippen MR) is 81.3 cm³/mol. The number of hydrogen-bond donors (Lipinski definition) is 0. The van der Waals surface area contributed by atoms with Crippen molar-refractivity contribution in [3.8, 4) is 0 Å². The summed E-state index contributed by atoms with van der Waals surface area (Å²) in [6.45, 7) is 12.2. The van der Waals surface area contributed by atoms with E-state index < -0.39 is 0 Å². The summed E-state index contributed by atoms with van der Waals surface area (Å²) >= 11 is 0. The van der Waals surface area contributed by atoms with Crippen molar-refractivity contribution in [3.63, 3.8) is 0 Å². The second-order valence-corrected chi connectivity index (χ2v) is 3.23. The Morgan fingerprint density at radius 1 is 0.938 bits per heavy atom. The Balaban J connectivity index is 0. The summed E-state index contributed by atoms with van der Waals surface area (Å²) in [6.07, 6.45) is 1.39. The van der Waals surface area contributed by atoms with Crippen molar-refractivity contribution in [2.45, 2.75) is 47.0 Å². The average Bonchev–Trinajstić information content (AvgIpc) is 3.15. The van der Waals surface area contributed by atoms with Crippen molar-refractivity contribution in [3.05, 3.63) is 35.9 Å². The van der Waals surface area contributed by atoms with Crippen LogP contribution in [0, 0.1) is 5.92 Å². The van der Waals surface area contributed by atoms with E-state index in [-0.39, 0.29) is 0 Å². The summed E-state index contributed by atoms with van der Waals surface area (Å²) in [7, 11) is 2.42. The maximum absolute atomic E-state index is 2.42. The maximum Gasteiger partial charge on any atom is -0.0133 e. The van der Waals surface area contributed by atoms with Crippen molar-refractivity contribution in [1.82, 2.24) is 0 Å². The van der Waals surface area contributed by atoms with Gasteiger partial charge >= 0.3 is 0 Å². The van der Waals surface area contributed by atoms with Gasteiger partial charge in [0.05, 0.1) is 0 Å². The van der Waals surface area contributed by atoms with Gasteiger partial charge in [-0.3, -0.25) is 0 Å². The highest BCUT2D eigenvalue weighted by atomic mass is 31.0. The minimum Gasteiger partial charge on any atom is -0.141 e. The molecule has 0 aliphatic heterocycles. The van der Waals surface area contributed by atoms with E-state index in [9.17, 15) is 0 Å². The van der Waals surface area contributed by atoms with Crippen LogP contribution in [0.5, 0.6) is 0 Å². The van der Waals surface area contributed by atoms with Gasteiger partial charge < -0.3 is 0 Å². The van der Waals surface area contributed by atoms with Crippen LogP contribution in [0.15, 0.2) is 30.3 Å². The van der Waals surface area contributed by atoms with E-state index >= 15 is 0 Å². The lowest BCUT2D eigenvalue weighted by molar-refractivity contribution is 0.915. The molecule has 1 heteroatoms. The number of benzene rings is 1. The summed E-state index contributed by atoms with van der Waals surface area (Å²) < 4.78 is 0. The Morgan fingerprint density at radius 3 is 1.62 bits per heavy atom. The van der Waals surface area contributed by atoms with Gasteiger partial charge in [0.25, 0.3) is 0 Å². The standard InChI is InChI=1S/C10H12.2C2H6.CH5P/c1-8-7-10(8)9-5-3-2-4-6-9;3*1-2/h2-6,8,10H,7H2,1H3;2*1-2H3;2H2,1H3/t8?,10-;;;/m0.../s1. The molecule has 94 valence electrons. The van der Waals surface area contributed by atoms with Crippen molar-refractivity contribution in [2.75, 3.05) is 6.66 Å². The van der Waals surface area contributed by atoms with Gasteiger partial charge in [0, 0.05) is 0 Å². The summed E-state index contributed by atoms with van der Waals surface area (Å²) in [5.74, 6) is 1.81. The first-order valence-corrected chi connectivity index (χ1v) is 7.66. The van der Waals surface area contributed by atoms with E-state index in [1.54, 1.807) is 0 Å². The van der Waals surface area contributed by atoms with Crippen molar-refractivity contribution < 1.29 is 0 Å². The molecule has 0 aromatic heterocycles. The van der Waals surface area contributed by atoms with Gasteiger partial charge in [-0.1, -0.05) is 71.6 Å². The van der Waals surface area contributed by atoms with Gasteiger partial charge in [-0.05, 0) is 23.8 Å². The minimum absolute atomic E-state index is 0.876. The molecule has 0 nitrogen and oxygen atoms in total. The van der Waals surface area contributed by atoms with Crippen LogP contribution in [0.25, 0.3) is 0 Å². The normalized spacial score (nSPS) is 19.9. The molecular weight excluding hydrogens is 211 g/mol. The van der Waals surface area contributed by atoms with Crippen molar-refractivity contribution in [2.24, 2.45) is 5.92 Å². The molecule has 1 aromatic carbocycles. The third-order valence-corrected chi connectivity index (χ3v) is 2.34. The zero-order valence-electron chi connectivity index (χ0n) is 11.8. The Kier molecular flexibility index (Phi) is 14.3. The molecule has 0 radical (unpaired) electrons. The van der Waals surface area contributed by atoms with Crippen LogP contribution in [-0.2, 0) is 0 Å². The third kappa shape index (κ3) is 7.01. The zero-order chi connectivity index (χ0) is 13.0. The monoisotopic (exact) mass is 240 g/mol. The van der Waals surface area contributed by atoms with Gasteiger partial charge in [0.1, 0.15) is 0 Å². The SMILES string of the molecule is CC.CC.CC1C[C@@H]1c1ccccc1.CP. The molecule has 2 unspecified atom stereocenters. The topological polar surface area (TPSA) is 0 Å². The molecule has 0 bridgehead atoms. The second-order valence-electron chi connectivity index (χ2n) is 3.23. The van der Waals surface area contributed by atoms with Crippen LogP contribution in [0.4, 0.5) is 0 Å². The van der Waals surface area contributed by atoms with Crippen LogP contribution >= 0.6 is 9.24 Å². The summed E-state index contributed by atoms with van der Waals surface area (Å²) in [5, 5.41) is 0. The minimum atomic E-state index is 0.876. The first-order chi connectivity index (χ1) is 7.88. The number of hydrogen-bond acceptors (Lipinski definition) is 0. The Morgan fingerprint density at radius 2 is 1.31 bits per heavy atom. The molecule has 1 aliphatic rings. The molecule has 1 saturated carbocycles. The van der Waals surface area contributed by atoms with Gasteiger partial charge in [-0.15, -0.1) is 9.24 Å². The van der Waals surface area contributed by atoms with E-state index in [1.165, 1.54) is 12.0 Å². The lowest BCUT2D eigenvalue weighted by atomic mass is 10.1. The molecule has 1 aliphatic carbocycles. The van der Waals surface area contributed by atoms with Crippen molar-refractivity contribution in [1.29, 1.82) is 0 Å². The Bertz CT molecular complexity index is 218. The average molecular weight is 240 g/mol. The molecule has 0 amide bonds. The molecule has 1 fully saturated rings. The quantitative estimate of drug-likeness (QED) is 0.580. The molecular formula is C15H29P. The van der Waals surface area contributed by atoms with E-state index in [4.69, 9.17) is 0 Å². The van der Waals surface area contributed by atoms with E-state index in [2.05, 4.69) is 46.5 Å². The highest BCUT2D eigenvalue weighted by Gasteiger charge is 2.33. The smallest absolute Gasteiger partial charge is 0.0133 e. The van der Waals surface area contributed by atoms with Crippen molar-refractivity contribution >= 4 is 9.24 Å². The molecule has 0 saturated heterocycles. The van der Waals surface area contributed by atoms with E-state index in [0.29, 0.717) is 0 Å². The molecule has 0 heterocycles. The van der Waals surface area contributed by atoms with Crippen LogP contribution in [0.3, 0.4) is 0 Å². The van der Waals surface area contributed by atoms with Gasteiger partial charge in [-0.25, -0.2) is 0 Å². The van der Waals surface area contributed by atoms with Crippen LogP contribution in [0.1, 0.15) is 52.5 Å². The fraction of sp³-hybridized carbons (Fsp3) is 0.600. The van der Waals surface area contributed by atoms with Crippen LogP contribution in [0.2, 0.25) is 0 Å². The Hall–Kier alpha value is -0.350. The molecule has 3 atom stereocenters. The predicted octanol–water partition coefficient (Wildman–Crippen LogP) is 5.35. The van der Waals surface area contributed by atoms with Crippen LogP contribution in [-0.4, -0.2) is 6.66 Å². The molecule has 1 aromatic rings. The molecule has 16 heavy (non-hydrogen) atoms. The van der Waals surface area contributed by atoms with Gasteiger partial charge in [-0.2, -0.15) is 0 Å². The van der Waals surface area contributed by atoms with Gasteiger partial charge in [0.2, 0.25) is 0 Å². The second kappa shape index (κ2) is 12.7. The fourth-order valence-electron chi connectivity index (χ4n) is 1.49. The largest absolute Gasteiger partial charge is 0.141 e. The maximum atomic E-state index is 2.42. The highest BCUT2D eigenvalue weighted by Crippen LogP contribution is 2.46. The molecule has 2 rings (SSSR count). The van der Waals surface area contributed by atoms with Crippen LogP contribution < -0.4 is 0 Å². The highest BCUT2D eigenvalue weighted by molar-refractivity contribution is 7.15.